The van der Waals surface area contributed by atoms with Crippen molar-refractivity contribution in [1.82, 2.24) is 0 Å². The van der Waals surface area contributed by atoms with Crippen molar-refractivity contribution in [2.75, 3.05) is 39.6 Å². The molecule has 0 aromatic carbocycles. The highest BCUT2D eigenvalue weighted by Gasteiger charge is 2.30. The Morgan fingerprint density at radius 3 is 0.855 bits per heavy atom. The molecule has 0 amide bonds. The predicted molar refractivity (Wildman–Crippen MR) is 331 cm³/mol. The van der Waals surface area contributed by atoms with E-state index in [0.717, 1.165) is 115 Å². The zero-order valence-electron chi connectivity index (χ0n) is 53.8. The van der Waals surface area contributed by atoms with Crippen molar-refractivity contribution < 1.29 is 80.2 Å². The van der Waals surface area contributed by atoms with E-state index in [-0.39, 0.29) is 25.7 Å². The molecule has 0 bridgehead atoms. The average molecular weight is 1230 g/mol. The van der Waals surface area contributed by atoms with Crippen LogP contribution in [0.1, 0.15) is 306 Å². The van der Waals surface area contributed by atoms with E-state index in [9.17, 15) is 43.2 Å². The molecule has 0 radical (unpaired) electrons. The molecule has 4 unspecified atom stereocenters. The van der Waals surface area contributed by atoms with Gasteiger partial charge in [-0.2, -0.15) is 0 Å². The fraction of sp³-hybridized carbons (Fsp3) is 0.938. The summed E-state index contributed by atoms with van der Waals surface area (Å²) < 4.78 is 68.0. The molecule has 492 valence electrons. The minimum atomic E-state index is -4.95. The van der Waals surface area contributed by atoms with Crippen molar-refractivity contribution in [2.24, 2.45) is 23.7 Å². The van der Waals surface area contributed by atoms with Gasteiger partial charge in [-0.05, 0) is 49.4 Å². The quantitative estimate of drug-likeness (QED) is 0.0222. The van der Waals surface area contributed by atoms with Crippen molar-refractivity contribution in [1.29, 1.82) is 0 Å². The number of hydrogen-bond acceptors (Lipinski definition) is 15. The Bertz CT molecular complexity index is 1670. The lowest BCUT2D eigenvalue weighted by Gasteiger charge is -2.21. The highest BCUT2D eigenvalue weighted by Crippen LogP contribution is 2.45. The zero-order chi connectivity index (χ0) is 61.8. The summed E-state index contributed by atoms with van der Waals surface area (Å²) in [7, 11) is -9.89. The van der Waals surface area contributed by atoms with E-state index in [1.165, 1.54) is 96.3 Å². The second kappa shape index (κ2) is 54.2. The van der Waals surface area contributed by atoms with E-state index in [4.69, 9.17) is 37.0 Å². The Hall–Kier alpha value is -1.94. The van der Waals surface area contributed by atoms with Crippen LogP contribution in [-0.2, 0) is 65.4 Å². The number of hydrogen-bond donors (Lipinski definition) is 3. The molecule has 0 aliphatic rings. The number of ether oxygens (including phenoxy) is 4. The Labute approximate surface area is 505 Å². The van der Waals surface area contributed by atoms with Crippen LogP contribution in [0, 0.1) is 23.7 Å². The molecule has 19 heteroatoms. The maximum atomic E-state index is 13.0. The maximum absolute atomic E-state index is 13.0. The zero-order valence-corrected chi connectivity index (χ0v) is 55.6. The monoisotopic (exact) mass is 1230 g/mol. The Balaban J connectivity index is 5.25. The normalized spacial score (nSPS) is 15.1. The van der Waals surface area contributed by atoms with Crippen LogP contribution >= 0.6 is 15.6 Å². The molecule has 0 saturated carbocycles. The summed E-state index contributed by atoms with van der Waals surface area (Å²) in [4.78, 5) is 72.2. The van der Waals surface area contributed by atoms with E-state index in [0.29, 0.717) is 37.5 Å². The first-order valence-corrected chi connectivity index (χ1v) is 36.3. The third-order valence-corrected chi connectivity index (χ3v) is 17.2. The second-order valence-corrected chi connectivity index (χ2v) is 27.5. The van der Waals surface area contributed by atoms with Crippen molar-refractivity contribution in [2.45, 2.75) is 324 Å². The van der Waals surface area contributed by atoms with Crippen LogP contribution in [0.25, 0.3) is 0 Å². The highest BCUT2D eigenvalue weighted by molar-refractivity contribution is 7.47. The summed E-state index contributed by atoms with van der Waals surface area (Å²) in [6.45, 7) is 13.9. The van der Waals surface area contributed by atoms with Crippen LogP contribution in [0.15, 0.2) is 0 Å². The molecule has 3 N–H and O–H groups in total. The summed E-state index contributed by atoms with van der Waals surface area (Å²) in [6, 6.07) is 0. The molecular weight excluding hydrogens is 1100 g/mol. The third-order valence-electron chi connectivity index (χ3n) is 15.3. The predicted octanol–water partition coefficient (Wildman–Crippen LogP) is 17.4. The topological polar surface area (TPSA) is 237 Å². The molecule has 0 fully saturated rings. The van der Waals surface area contributed by atoms with Gasteiger partial charge in [0.15, 0.2) is 12.2 Å². The van der Waals surface area contributed by atoms with Gasteiger partial charge in [0.1, 0.15) is 19.3 Å². The van der Waals surface area contributed by atoms with E-state index in [1.54, 1.807) is 0 Å². The number of carbonyl (C=O) groups excluding carboxylic acids is 4. The fourth-order valence-electron chi connectivity index (χ4n) is 9.36. The number of unbranched alkanes of at least 4 members (excludes halogenated alkanes) is 25. The molecule has 7 atom stereocenters. The van der Waals surface area contributed by atoms with Gasteiger partial charge in [-0.25, -0.2) is 9.13 Å². The first kappa shape index (κ1) is 81.1. The Morgan fingerprint density at radius 1 is 0.337 bits per heavy atom. The number of aliphatic hydroxyl groups is 1. The smallest absolute Gasteiger partial charge is 0.462 e. The van der Waals surface area contributed by atoms with E-state index in [2.05, 4.69) is 55.4 Å². The van der Waals surface area contributed by atoms with E-state index < -0.39 is 97.5 Å². The molecule has 0 rings (SSSR count). The van der Waals surface area contributed by atoms with Crippen LogP contribution in [-0.4, -0.2) is 96.7 Å². The van der Waals surface area contributed by atoms with Crippen molar-refractivity contribution in [3.8, 4) is 0 Å². The number of esters is 4. The van der Waals surface area contributed by atoms with Gasteiger partial charge < -0.3 is 33.8 Å². The fourth-order valence-corrected chi connectivity index (χ4v) is 10.9. The van der Waals surface area contributed by atoms with Crippen molar-refractivity contribution in [3.05, 3.63) is 0 Å². The lowest BCUT2D eigenvalue weighted by molar-refractivity contribution is -0.161. The number of phosphoric ester groups is 2. The van der Waals surface area contributed by atoms with Gasteiger partial charge in [0, 0.05) is 25.7 Å². The molecule has 0 spiro atoms. The standard InChI is InChI=1S/C64H124O17P2/c1-9-56(7)42-34-26-17-13-11-12-14-18-30-38-46-63(68)80-59(50-74-61(66)44-36-28-19-15-16-24-32-40-54(3)4)52-78-82(70,71)76-48-58(65)49-77-83(72,73)79-53-60(51-75-62(67)45-37-29-22-20-25-33-41-55(5)6)81-64(69)47-39-31-23-21-27-35-43-57(8)10-2/h54-60,65H,9-53H2,1-8H3,(H,70,71)(H,72,73)/t56?,57?,58-,59-,60-/m1/s1. The lowest BCUT2D eigenvalue weighted by Crippen LogP contribution is -2.30. The van der Waals surface area contributed by atoms with Crippen LogP contribution in [0.3, 0.4) is 0 Å². The van der Waals surface area contributed by atoms with Gasteiger partial charge in [-0.1, -0.05) is 254 Å². The number of aliphatic hydroxyl groups excluding tert-OH is 1. The summed E-state index contributed by atoms with van der Waals surface area (Å²) in [6.07, 6.45) is 33.6. The molecule has 0 heterocycles. The maximum Gasteiger partial charge on any atom is 0.472 e. The molecule has 0 saturated heterocycles. The summed E-state index contributed by atoms with van der Waals surface area (Å²) in [5.74, 6) is 0.764. The van der Waals surface area contributed by atoms with E-state index >= 15 is 0 Å². The second-order valence-electron chi connectivity index (χ2n) is 24.6. The Kier molecular flexibility index (Phi) is 53.0. The molecule has 0 aromatic rings. The largest absolute Gasteiger partial charge is 0.472 e. The van der Waals surface area contributed by atoms with Gasteiger partial charge in [0.25, 0.3) is 0 Å². The molecule has 0 aliphatic carbocycles. The first-order valence-electron chi connectivity index (χ1n) is 33.3. The molecule has 0 aliphatic heterocycles. The molecule has 17 nitrogen and oxygen atoms in total. The molecule has 83 heavy (non-hydrogen) atoms. The van der Waals surface area contributed by atoms with Gasteiger partial charge in [0.05, 0.1) is 26.4 Å². The van der Waals surface area contributed by atoms with Crippen molar-refractivity contribution >= 4 is 39.5 Å². The minimum Gasteiger partial charge on any atom is -0.462 e. The SMILES string of the molecule is CCC(C)CCCCCCCCCCCCC(=O)O[C@H](COC(=O)CCCCCCCCCC(C)C)COP(=O)(O)OC[C@@H](O)COP(=O)(O)OC[C@@H](COC(=O)CCCCCCCCC(C)C)OC(=O)CCCCCCCCC(C)CC. The highest BCUT2D eigenvalue weighted by atomic mass is 31.2. The average Bonchev–Trinajstić information content (AvgIpc) is 3.45. The van der Waals surface area contributed by atoms with Crippen LogP contribution in [0.4, 0.5) is 0 Å². The molecular formula is C64H124O17P2. The van der Waals surface area contributed by atoms with Crippen LogP contribution in [0.5, 0.6) is 0 Å². The van der Waals surface area contributed by atoms with Gasteiger partial charge >= 0.3 is 39.5 Å². The lowest BCUT2D eigenvalue weighted by atomic mass is 9.99. The Morgan fingerprint density at radius 2 is 0.578 bits per heavy atom. The van der Waals surface area contributed by atoms with Crippen LogP contribution in [0.2, 0.25) is 0 Å². The third kappa shape index (κ3) is 56.3. The van der Waals surface area contributed by atoms with Gasteiger partial charge in [-0.15, -0.1) is 0 Å². The minimum absolute atomic E-state index is 0.101. The number of rotatable bonds is 61. The molecule has 0 aromatic heterocycles. The number of carbonyl (C=O) groups is 4. The summed E-state index contributed by atoms with van der Waals surface area (Å²) >= 11 is 0. The number of phosphoric acid groups is 2. The summed E-state index contributed by atoms with van der Waals surface area (Å²) in [5.41, 5.74) is 0. The van der Waals surface area contributed by atoms with Crippen LogP contribution < -0.4 is 0 Å². The summed E-state index contributed by atoms with van der Waals surface area (Å²) in [5, 5.41) is 10.5. The van der Waals surface area contributed by atoms with Gasteiger partial charge in [-0.3, -0.25) is 37.3 Å². The van der Waals surface area contributed by atoms with E-state index in [1.807, 2.05) is 0 Å². The van der Waals surface area contributed by atoms with Crippen molar-refractivity contribution in [3.63, 3.8) is 0 Å². The van der Waals surface area contributed by atoms with Gasteiger partial charge in [0.2, 0.25) is 0 Å². The first-order chi connectivity index (χ1) is 39.7.